The maximum absolute atomic E-state index is 12.6. The van der Waals surface area contributed by atoms with Gasteiger partial charge in [-0.25, -0.2) is 4.79 Å². The van der Waals surface area contributed by atoms with Crippen molar-refractivity contribution in [2.45, 2.75) is 31.1 Å². The molecule has 1 saturated heterocycles. The van der Waals surface area contributed by atoms with Crippen LogP contribution in [-0.4, -0.2) is 41.9 Å². The van der Waals surface area contributed by atoms with Gasteiger partial charge in [-0.1, -0.05) is 12.1 Å². The standard InChI is InChI=1S/C20H21F3N4O3/c21-20(22,23)10-13-9-15(11-25-13)27(19(29)30)14-7-5-12(6-8-14)18(28)26-17-4-2-1-3-16(17)24/h1-8,13,15,25H,9-11,24H2,(H,26,28)(H,29,30). The van der Waals surface area contributed by atoms with Crippen LogP contribution in [0.2, 0.25) is 0 Å². The summed E-state index contributed by atoms with van der Waals surface area (Å²) in [4.78, 5) is 25.2. The summed E-state index contributed by atoms with van der Waals surface area (Å²) in [6, 6.07) is 11.1. The average molecular weight is 422 g/mol. The smallest absolute Gasteiger partial charge is 0.412 e. The largest absolute Gasteiger partial charge is 0.465 e. The molecule has 5 N–H and O–H groups in total. The monoisotopic (exact) mass is 422 g/mol. The molecular weight excluding hydrogens is 401 g/mol. The van der Waals surface area contributed by atoms with E-state index in [0.29, 0.717) is 11.4 Å². The molecule has 30 heavy (non-hydrogen) atoms. The highest BCUT2D eigenvalue weighted by Gasteiger charge is 2.39. The van der Waals surface area contributed by atoms with Crippen LogP contribution in [-0.2, 0) is 0 Å². The minimum absolute atomic E-state index is 0.0430. The lowest BCUT2D eigenvalue weighted by Gasteiger charge is -2.26. The second kappa shape index (κ2) is 8.62. The third-order valence-corrected chi connectivity index (χ3v) is 4.86. The Kier molecular flexibility index (Phi) is 6.16. The highest BCUT2D eigenvalue weighted by atomic mass is 19.4. The molecule has 2 atom stereocenters. The van der Waals surface area contributed by atoms with Gasteiger partial charge in [-0.2, -0.15) is 13.2 Å². The summed E-state index contributed by atoms with van der Waals surface area (Å²) in [5.74, 6) is -0.422. The van der Waals surface area contributed by atoms with E-state index in [1.807, 2.05) is 0 Å². The van der Waals surface area contributed by atoms with E-state index in [4.69, 9.17) is 5.73 Å². The predicted octanol–water partition coefficient (Wildman–Crippen LogP) is 3.69. The number of rotatable bonds is 5. The Bertz CT molecular complexity index is 918. The van der Waals surface area contributed by atoms with Gasteiger partial charge in [-0.15, -0.1) is 0 Å². The number of alkyl halides is 3. The second-order valence-electron chi connectivity index (χ2n) is 7.05. The zero-order chi connectivity index (χ0) is 21.9. The maximum atomic E-state index is 12.6. The number of benzene rings is 2. The average Bonchev–Trinajstić information content (AvgIpc) is 3.10. The minimum Gasteiger partial charge on any atom is -0.465 e. The van der Waals surface area contributed by atoms with E-state index in [-0.39, 0.29) is 24.2 Å². The van der Waals surface area contributed by atoms with Crippen molar-refractivity contribution in [3.63, 3.8) is 0 Å². The highest BCUT2D eigenvalue weighted by molar-refractivity contribution is 6.06. The molecule has 0 spiro atoms. The highest BCUT2D eigenvalue weighted by Crippen LogP contribution is 2.29. The van der Waals surface area contributed by atoms with Gasteiger partial charge < -0.3 is 21.5 Å². The fourth-order valence-electron chi connectivity index (χ4n) is 3.49. The van der Waals surface area contributed by atoms with Crippen LogP contribution in [0.5, 0.6) is 0 Å². The van der Waals surface area contributed by atoms with Crippen molar-refractivity contribution < 1.29 is 27.9 Å². The lowest BCUT2D eigenvalue weighted by Crippen LogP contribution is -2.40. The summed E-state index contributed by atoms with van der Waals surface area (Å²) in [5, 5.41) is 15.0. The SMILES string of the molecule is Nc1ccccc1NC(=O)c1ccc(N(C(=O)O)C2CNC(CC(F)(F)F)C2)cc1. The number of carbonyl (C=O) groups is 2. The number of para-hydroxylation sites is 2. The number of hydrogen-bond donors (Lipinski definition) is 4. The fraction of sp³-hybridized carbons (Fsp3) is 0.300. The van der Waals surface area contributed by atoms with Crippen LogP contribution in [0.3, 0.4) is 0 Å². The van der Waals surface area contributed by atoms with Crippen LogP contribution in [0, 0.1) is 0 Å². The van der Waals surface area contributed by atoms with Crippen LogP contribution >= 0.6 is 0 Å². The molecule has 3 rings (SSSR count). The molecule has 1 fully saturated rings. The Hall–Kier alpha value is -3.27. The number of nitrogens with two attached hydrogens (primary N) is 1. The van der Waals surface area contributed by atoms with Crippen LogP contribution in [0.25, 0.3) is 0 Å². The first-order valence-electron chi connectivity index (χ1n) is 9.22. The van der Waals surface area contributed by atoms with Crippen molar-refractivity contribution in [1.82, 2.24) is 5.32 Å². The van der Waals surface area contributed by atoms with Crippen molar-refractivity contribution in [2.24, 2.45) is 0 Å². The Morgan fingerprint density at radius 1 is 1.17 bits per heavy atom. The van der Waals surface area contributed by atoms with Crippen LogP contribution in [0.1, 0.15) is 23.2 Å². The van der Waals surface area contributed by atoms with Gasteiger partial charge in [0, 0.05) is 23.8 Å². The first-order valence-corrected chi connectivity index (χ1v) is 9.22. The molecule has 0 radical (unpaired) electrons. The zero-order valence-corrected chi connectivity index (χ0v) is 15.8. The molecule has 160 valence electrons. The Morgan fingerprint density at radius 3 is 2.43 bits per heavy atom. The van der Waals surface area contributed by atoms with Gasteiger partial charge in [0.05, 0.1) is 23.8 Å². The molecule has 2 aromatic rings. The van der Waals surface area contributed by atoms with Crippen molar-refractivity contribution in [3.05, 3.63) is 54.1 Å². The van der Waals surface area contributed by atoms with Crippen LogP contribution < -0.4 is 21.3 Å². The summed E-state index contributed by atoms with van der Waals surface area (Å²) < 4.78 is 37.8. The summed E-state index contributed by atoms with van der Waals surface area (Å²) in [7, 11) is 0. The Labute approximate surface area is 170 Å². The third kappa shape index (κ3) is 5.20. The first-order chi connectivity index (χ1) is 14.1. The normalized spacial score (nSPS) is 18.8. The number of nitrogen functional groups attached to an aromatic ring is 1. The fourth-order valence-corrected chi connectivity index (χ4v) is 3.49. The molecule has 2 amide bonds. The van der Waals surface area contributed by atoms with Crippen molar-refractivity contribution in [1.29, 1.82) is 0 Å². The summed E-state index contributed by atoms with van der Waals surface area (Å²) >= 11 is 0. The quantitative estimate of drug-likeness (QED) is 0.550. The van der Waals surface area contributed by atoms with E-state index in [1.54, 1.807) is 24.3 Å². The second-order valence-corrected chi connectivity index (χ2v) is 7.05. The number of carboxylic acid groups (broad SMARTS) is 1. The molecule has 7 nitrogen and oxygen atoms in total. The number of anilines is 3. The van der Waals surface area contributed by atoms with Gasteiger partial charge in [0.2, 0.25) is 0 Å². The van der Waals surface area contributed by atoms with Gasteiger partial charge in [0.15, 0.2) is 0 Å². The molecule has 1 aliphatic heterocycles. The maximum Gasteiger partial charge on any atom is 0.412 e. The number of nitrogens with one attached hydrogen (secondary N) is 2. The lowest BCUT2D eigenvalue weighted by molar-refractivity contribution is -0.139. The molecule has 0 aromatic heterocycles. The van der Waals surface area contributed by atoms with E-state index in [2.05, 4.69) is 10.6 Å². The number of hydrogen-bond acceptors (Lipinski definition) is 4. The number of carbonyl (C=O) groups excluding carboxylic acids is 1. The van der Waals surface area contributed by atoms with Crippen molar-refractivity contribution in [3.8, 4) is 0 Å². The van der Waals surface area contributed by atoms with Crippen molar-refractivity contribution >= 4 is 29.1 Å². The number of amides is 2. The minimum atomic E-state index is -4.32. The third-order valence-electron chi connectivity index (χ3n) is 4.86. The van der Waals surface area contributed by atoms with Crippen LogP contribution in [0.15, 0.2) is 48.5 Å². The van der Waals surface area contributed by atoms with E-state index < -0.39 is 36.7 Å². The lowest BCUT2D eigenvalue weighted by atomic mass is 10.1. The molecule has 2 unspecified atom stereocenters. The van der Waals surface area contributed by atoms with E-state index in [1.165, 1.54) is 24.3 Å². The topological polar surface area (TPSA) is 108 Å². The molecule has 0 bridgehead atoms. The van der Waals surface area contributed by atoms with Gasteiger partial charge in [0.1, 0.15) is 0 Å². The number of nitrogens with zero attached hydrogens (tertiary/aromatic N) is 1. The van der Waals surface area contributed by atoms with E-state index >= 15 is 0 Å². The van der Waals surface area contributed by atoms with Gasteiger partial charge >= 0.3 is 12.3 Å². The summed E-state index contributed by atoms with van der Waals surface area (Å²) in [6.07, 6.45) is -6.57. The Morgan fingerprint density at radius 2 is 1.83 bits per heavy atom. The summed E-state index contributed by atoms with van der Waals surface area (Å²) in [5.41, 5.74) is 7.21. The first kappa shape index (κ1) is 21.4. The molecule has 2 aromatic carbocycles. The molecule has 10 heteroatoms. The molecule has 1 heterocycles. The van der Waals surface area contributed by atoms with Crippen LogP contribution in [0.4, 0.5) is 35.0 Å². The van der Waals surface area contributed by atoms with E-state index in [9.17, 15) is 27.9 Å². The number of halogens is 3. The van der Waals surface area contributed by atoms with Gasteiger partial charge in [-0.3, -0.25) is 9.69 Å². The van der Waals surface area contributed by atoms with Gasteiger partial charge in [0.25, 0.3) is 5.91 Å². The van der Waals surface area contributed by atoms with Gasteiger partial charge in [-0.05, 0) is 42.8 Å². The molecular formula is C20H21F3N4O3. The molecule has 1 aliphatic rings. The van der Waals surface area contributed by atoms with E-state index in [0.717, 1.165) is 4.90 Å². The molecule has 0 saturated carbocycles. The van der Waals surface area contributed by atoms with Crippen molar-refractivity contribution in [2.75, 3.05) is 22.5 Å². The zero-order valence-electron chi connectivity index (χ0n) is 15.8. The summed E-state index contributed by atoms with van der Waals surface area (Å²) in [6.45, 7) is 0.114. The predicted molar refractivity (Wildman–Crippen MR) is 107 cm³/mol. The molecule has 0 aliphatic carbocycles. The Balaban J connectivity index is 1.71.